The van der Waals surface area contributed by atoms with E-state index in [4.69, 9.17) is 33.3 Å². The Kier molecular flexibility index (Phi) is 10.5. The number of allylic oxidation sites excluding steroid dienone is 1. The number of rotatable bonds is 8. The van der Waals surface area contributed by atoms with Crippen molar-refractivity contribution in [2.24, 2.45) is 5.92 Å². The molecule has 17 nitrogen and oxygen atoms in total. The molecule has 5 heterocycles. The summed E-state index contributed by atoms with van der Waals surface area (Å²) in [5.41, 5.74) is 0.373. The number of carbonyl (C=O) groups is 4. The monoisotopic (exact) mass is 882 g/mol. The molecule has 332 valence electrons. The molecule has 5 atom stereocenters. The van der Waals surface area contributed by atoms with Crippen molar-refractivity contribution in [2.45, 2.75) is 125 Å². The molecule has 63 heavy (non-hydrogen) atoms. The smallest absolute Gasteiger partial charge is 0.408 e. The van der Waals surface area contributed by atoms with Crippen molar-refractivity contribution in [2.75, 3.05) is 13.3 Å². The maximum Gasteiger partial charge on any atom is 0.408 e. The highest BCUT2D eigenvalue weighted by Crippen LogP contribution is 2.48. The topological polar surface area (TPSA) is 218 Å². The summed E-state index contributed by atoms with van der Waals surface area (Å²) in [7, 11) is -4.03. The molecule has 3 aliphatic heterocycles. The van der Waals surface area contributed by atoms with Gasteiger partial charge < -0.3 is 38.9 Å². The van der Waals surface area contributed by atoms with Gasteiger partial charge in [-0.25, -0.2) is 18.2 Å². The van der Waals surface area contributed by atoms with E-state index in [-0.39, 0.29) is 43.7 Å². The van der Waals surface area contributed by atoms with E-state index >= 15 is 0 Å². The number of carbonyl (C=O) groups excluding carboxylic acids is 4. The van der Waals surface area contributed by atoms with E-state index in [2.05, 4.69) is 15.4 Å². The van der Waals surface area contributed by atoms with Crippen LogP contribution in [0.2, 0.25) is 0 Å². The van der Waals surface area contributed by atoms with E-state index in [9.17, 15) is 27.6 Å². The average Bonchev–Trinajstić information content (AvgIpc) is 3.75. The molecule has 18 heteroatoms. The molecule has 1 saturated heterocycles. The standard InChI is InChI=1S/C45H50N6O11S/c1-44(19-20-44)63(56,57)50-42(54)45-23-27(45)11-5-3-2-4-6-15-31(46-43(55)61-28-12-7-8-13-28)41(53)51-24-29(22-32(51)39(52)49-45)60-40-37-36(30-14-9-10-16-33(30)62-37)47-38(48-40)26-17-18-34-35(21-26)59-25-58-34/h5,9-11,14,16-18,21,27-29,31-32H,2-4,6-8,12-13,15,19-20,22-25H2,1H3,(H,46,55)(H,49,52)(H,50,54)/b11-5-/t27-,29+,31-,32-,45+/m0/s1. The molecule has 0 radical (unpaired) electrons. The Bertz CT molecular complexity index is 2640. The summed E-state index contributed by atoms with van der Waals surface area (Å²) in [4.78, 5) is 68.0. The molecule has 4 aromatic rings. The second kappa shape index (κ2) is 16.0. The Labute approximate surface area is 363 Å². The van der Waals surface area contributed by atoms with Crippen LogP contribution >= 0.6 is 0 Å². The summed E-state index contributed by atoms with van der Waals surface area (Å²) in [5, 5.41) is 6.47. The molecular formula is C45H50N6O11S. The van der Waals surface area contributed by atoms with Crippen LogP contribution in [0.5, 0.6) is 17.4 Å². The molecule has 4 amide bonds. The lowest BCUT2D eigenvalue weighted by molar-refractivity contribution is -0.141. The predicted molar refractivity (Wildman–Crippen MR) is 227 cm³/mol. The molecule has 6 aliphatic rings. The quantitative estimate of drug-likeness (QED) is 0.185. The van der Waals surface area contributed by atoms with Crippen LogP contribution < -0.4 is 29.6 Å². The number of para-hydroxylation sites is 1. The van der Waals surface area contributed by atoms with Gasteiger partial charge in [-0.05, 0) is 101 Å². The second-order valence-corrected chi connectivity index (χ2v) is 20.1. The van der Waals surface area contributed by atoms with Crippen LogP contribution in [0.25, 0.3) is 33.5 Å². The van der Waals surface area contributed by atoms with Crippen LogP contribution in [0.15, 0.2) is 59.0 Å². The third kappa shape index (κ3) is 7.90. The fourth-order valence-corrected chi connectivity index (χ4v) is 10.6. The lowest BCUT2D eigenvalue weighted by Gasteiger charge is -2.30. The average molecular weight is 883 g/mol. The van der Waals surface area contributed by atoms with Gasteiger partial charge in [0.25, 0.3) is 11.8 Å². The van der Waals surface area contributed by atoms with Gasteiger partial charge in [-0.1, -0.05) is 37.1 Å². The number of nitrogens with one attached hydrogen (secondary N) is 3. The number of fused-ring (bicyclic) bond motifs is 6. The van der Waals surface area contributed by atoms with Crippen LogP contribution in [0, 0.1) is 5.92 Å². The SMILES string of the molecule is CC1(S(=O)(=O)NC(=O)[C@@]23C[C@@H]2/C=C\CCCCC[C@H](NC(=O)OC2CCCC2)C(=O)N2C[C@H](Oc4nc(-c5ccc6c(c5)OCO6)nc5c4oc4ccccc45)C[C@H]2C(=O)N3)CC1. The van der Waals surface area contributed by atoms with Crippen LogP contribution in [-0.4, -0.2) is 95.0 Å². The Balaban J connectivity index is 0.989. The van der Waals surface area contributed by atoms with Gasteiger partial charge in [-0.3, -0.25) is 19.1 Å². The van der Waals surface area contributed by atoms with Crippen LogP contribution in [0.1, 0.15) is 90.4 Å². The lowest BCUT2D eigenvalue weighted by atomic mass is 10.0. The fraction of sp³-hybridized carbons (Fsp3) is 0.511. The van der Waals surface area contributed by atoms with Gasteiger partial charge >= 0.3 is 6.09 Å². The molecule has 0 bridgehead atoms. The van der Waals surface area contributed by atoms with Crippen molar-refractivity contribution in [3.05, 3.63) is 54.6 Å². The minimum Gasteiger partial charge on any atom is -0.470 e. The van der Waals surface area contributed by atoms with Crippen molar-refractivity contribution in [3.63, 3.8) is 0 Å². The first-order chi connectivity index (χ1) is 30.4. The highest BCUT2D eigenvalue weighted by Gasteiger charge is 2.63. The predicted octanol–water partition coefficient (Wildman–Crippen LogP) is 5.55. The second-order valence-electron chi connectivity index (χ2n) is 17.9. The molecule has 2 aromatic carbocycles. The number of hydrogen-bond acceptors (Lipinski definition) is 13. The lowest BCUT2D eigenvalue weighted by Crippen LogP contribution is -2.58. The maximum atomic E-state index is 14.8. The summed E-state index contributed by atoms with van der Waals surface area (Å²) in [6.45, 7) is 1.59. The van der Waals surface area contributed by atoms with Crippen molar-refractivity contribution in [3.8, 4) is 28.8 Å². The van der Waals surface area contributed by atoms with Gasteiger partial charge in [0, 0.05) is 23.3 Å². The normalized spacial score (nSPS) is 27.4. The molecular weight excluding hydrogens is 833 g/mol. The van der Waals surface area contributed by atoms with E-state index in [0.717, 1.165) is 43.9 Å². The van der Waals surface area contributed by atoms with Crippen molar-refractivity contribution in [1.29, 1.82) is 0 Å². The summed E-state index contributed by atoms with van der Waals surface area (Å²) in [6, 6.07) is 10.5. The summed E-state index contributed by atoms with van der Waals surface area (Å²) in [5.74, 6) is -0.927. The largest absolute Gasteiger partial charge is 0.470 e. The van der Waals surface area contributed by atoms with Gasteiger partial charge in [0.15, 0.2) is 17.3 Å². The van der Waals surface area contributed by atoms with E-state index < -0.39 is 68.2 Å². The zero-order chi connectivity index (χ0) is 43.5. The van der Waals surface area contributed by atoms with Gasteiger partial charge in [-0.15, -0.1) is 0 Å². The number of nitrogens with zero attached hydrogens (tertiary/aromatic N) is 3. The van der Waals surface area contributed by atoms with Crippen LogP contribution in [-0.2, 0) is 29.1 Å². The first-order valence-electron chi connectivity index (χ1n) is 22.0. The molecule has 3 saturated carbocycles. The Morgan fingerprint density at radius 3 is 2.57 bits per heavy atom. The van der Waals surface area contributed by atoms with Crippen molar-refractivity contribution < 1.29 is 51.0 Å². The Morgan fingerprint density at radius 2 is 1.75 bits per heavy atom. The maximum absolute atomic E-state index is 14.8. The third-order valence-corrected chi connectivity index (χ3v) is 15.6. The van der Waals surface area contributed by atoms with Gasteiger partial charge in [0.1, 0.15) is 40.9 Å². The van der Waals surface area contributed by atoms with E-state index in [0.29, 0.717) is 66.1 Å². The summed E-state index contributed by atoms with van der Waals surface area (Å²) < 4.78 is 57.6. The number of ether oxygens (including phenoxy) is 4. The zero-order valence-corrected chi connectivity index (χ0v) is 35.7. The molecule has 3 N–H and O–H groups in total. The first-order valence-corrected chi connectivity index (χ1v) is 23.5. The number of benzene rings is 2. The Morgan fingerprint density at radius 1 is 0.952 bits per heavy atom. The highest BCUT2D eigenvalue weighted by atomic mass is 32.2. The minimum atomic E-state index is -4.03. The van der Waals surface area contributed by atoms with Crippen molar-refractivity contribution >= 4 is 55.9 Å². The van der Waals surface area contributed by atoms with Crippen molar-refractivity contribution in [1.82, 2.24) is 30.2 Å². The molecule has 3 aliphatic carbocycles. The number of alkyl carbamates (subject to hydrolysis) is 1. The zero-order valence-electron chi connectivity index (χ0n) is 34.9. The van der Waals surface area contributed by atoms with Gasteiger partial charge in [0.2, 0.25) is 34.2 Å². The van der Waals surface area contributed by atoms with Crippen LogP contribution in [0.4, 0.5) is 4.79 Å². The van der Waals surface area contributed by atoms with Crippen LogP contribution in [0.3, 0.4) is 0 Å². The molecule has 0 unspecified atom stereocenters. The molecule has 10 rings (SSSR count). The molecule has 2 aromatic heterocycles. The van der Waals surface area contributed by atoms with E-state index in [1.54, 1.807) is 19.1 Å². The number of furan rings is 1. The fourth-order valence-electron chi connectivity index (χ4n) is 9.25. The number of aromatic nitrogens is 2. The minimum absolute atomic E-state index is 0.0313. The van der Waals surface area contributed by atoms with E-state index in [1.807, 2.05) is 42.5 Å². The number of amides is 4. The number of hydrogen-bond donors (Lipinski definition) is 3. The number of sulfonamides is 1. The summed E-state index contributed by atoms with van der Waals surface area (Å²) >= 11 is 0. The molecule has 4 fully saturated rings. The van der Waals surface area contributed by atoms with Gasteiger partial charge in [0.05, 0.1) is 11.3 Å². The first kappa shape index (κ1) is 41.1. The van der Waals surface area contributed by atoms with Gasteiger partial charge in [-0.2, -0.15) is 4.98 Å². The van der Waals surface area contributed by atoms with E-state index in [1.165, 1.54) is 4.90 Å². The summed E-state index contributed by atoms with van der Waals surface area (Å²) in [6.07, 6.45) is 9.58. The Hall–Kier alpha value is -5.91. The molecule has 0 spiro atoms. The highest BCUT2D eigenvalue weighted by molar-refractivity contribution is 7.91. The third-order valence-electron chi connectivity index (χ3n) is 13.4.